The molecule has 4 N–H and O–H groups in total. The van der Waals surface area contributed by atoms with E-state index in [1.54, 1.807) is 13.8 Å². The van der Waals surface area contributed by atoms with E-state index in [0.29, 0.717) is 66.4 Å². The fourth-order valence-electron chi connectivity index (χ4n) is 7.76. The molecule has 12 nitrogen and oxygen atoms in total. The van der Waals surface area contributed by atoms with Crippen LogP contribution >= 0.6 is 0 Å². The Bertz CT molecular complexity index is 1930. The molecule has 2 aromatic rings. The lowest BCUT2D eigenvalue weighted by molar-refractivity contribution is -0.274. The third-order valence-corrected chi connectivity index (χ3v) is 13.4. The second-order valence-corrected chi connectivity index (χ2v) is 17.2. The first-order valence-electron chi connectivity index (χ1n) is 17.4. The van der Waals surface area contributed by atoms with Gasteiger partial charge >= 0.3 is 6.36 Å². The molecule has 3 fully saturated rings. The Hall–Kier alpha value is -3.92. The van der Waals surface area contributed by atoms with E-state index in [0.717, 1.165) is 19.3 Å². The summed E-state index contributed by atoms with van der Waals surface area (Å²) in [6, 6.07) is 1.95. The number of pyridine rings is 1. The van der Waals surface area contributed by atoms with Crippen molar-refractivity contribution in [3.05, 3.63) is 41.6 Å². The van der Waals surface area contributed by atoms with Gasteiger partial charge in [-0.3, -0.25) is 19.1 Å². The SMILES string of the molecule is Cc1nc2ccc(OC(F)(F)F)cc2c2c1O[C@]1(CC2)C[C@H]2C(=O)N[C@]3(C(=O)NS(=O)(=O)C4(C)CC4)C[C@H]3C=CCCCCC[C@H](N)C(=O)N2C1. The number of alkyl halides is 3. The van der Waals surface area contributed by atoms with E-state index < -0.39 is 73.7 Å². The van der Waals surface area contributed by atoms with Gasteiger partial charge in [0.15, 0.2) is 0 Å². The van der Waals surface area contributed by atoms with E-state index in [9.17, 15) is 36.0 Å². The predicted octanol–water partition coefficient (Wildman–Crippen LogP) is 3.83. The number of benzene rings is 1. The zero-order valence-electron chi connectivity index (χ0n) is 28.5. The Morgan fingerprint density at radius 1 is 1.16 bits per heavy atom. The third kappa shape index (κ3) is 6.64. The van der Waals surface area contributed by atoms with Crippen molar-refractivity contribution in [1.82, 2.24) is 19.9 Å². The standard InChI is InChI=1S/C35H42F3N5O7S/c1-20-28-23(24-16-22(49-35(36,37)38)10-11-26(24)40-20)12-13-33(50-28)18-27-29(44)41-34(31(46)42-51(47,48)32(2)14-15-32)17-21(34)8-6-4-3-5-7-9-25(39)30(45)43(27)19-33/h6,8,10-11,16,21,25,27H,3-5,7,9,12-15,17-19,39H2,1-2H3,(H,41,44)(H,42,46)/t21-,25+,27+,33-,34-/m1/s1. The fourth-order valence-corrected chi connectivity index (χ4v) is 9.07. The maximum Gasteiger partial charge on any atom is 0.573 e. The van der Waals surface area contributed by atoms with Gasteiger partial charge in [0.25, 0.3) is 5.91 Å². The molecule has 0 bridgehead atoms. The Labute approximate surface area is 293 Å². The van der Waals surface area contributed by atoms with Crippen LogP contribution in [0.1, 0.15) is 82.4 Å². The van der Waals surface area contributed by atoms with Crippen molar-refractivity contribution < 1.29 is 45.4 Å². The summed E-state index contributed by atoms with van der Waals surface area (Å²) < 4.78 is 77.2. The van der Waals surface area contributed by atoms with Gasteiger partial charge in [-0.2, -0.15) is 0 Å². The first-order chi connectivity index (χ1) is 23.9. The van der Waals surface area contributed by atoms with E-state index in [1.165, 1.54) is 23.1 Å². The fraction of sp³-hybridized carbons (Fsp3) is 0.600. The number of aryl methyl sites for hydroxylation is 2. The maximum absolute atomic E-state index is 14.3. The van der Waals surface area contributed by atoms with Crippen LogP contribution in [0.2, 0.25) is 0 Å². The molecule has 0 unspecified atom stereocenters. The van der Waals surface area contributed by atoms with E-state index in [-0.39, 0.29) is 19.4 Å². The van der Waals surface area contributed by atoms with Crippen LogP contribution in [0.3, 0.4) is 0 Å². The molecule has 3 aliphatic heterocycles. The lowest BCUT2D eigenvalue weighted by Gasteiger charge is -2.36. The Balaban J connectivity index is 1.20. The second kappa shape index (κ2) is 12.3. The minimum absolute atomic E-state index is 0.00102. The van der Waals surface area contributed by atoms with E-state index >= 15 is 0 Å². The molecule has 2 saturated carbocycles. The highest BCUT2D eigenvalue weighted by molar-refractivity contribution is 7.91. The van der Waals surface area contributed by atoms with Crippen LogP contribution in [0.4, 0.5) is 13.2 Å². The number of carbonyl (C=O) groups is 3. The number of fused-ring (bicyclic) bond motifs is 5. The number of nitrogens with one attached hydrogen (secondary N) is 2. The molecule has 4 heterocycles. The zero-order valence-corrected chi connectivity index (χ0v) is 29.3. The topological polar surface area (TPSA) is 170 Å². The Kier molecular flexibility index (Phi) is 8.59. The van der Waals surface area contributed by atoms with Gasteiger partial charge in [0.1, 0.15) is 28.7 Å². The number of nitrogens with two attached hydrogens (primary N) is 1. The Morgan fingerprint density at radius 2 is 1.92 bits per heavy atom. The van der Waals surface area contributed by atoms with Crippen LogP contribution in [0.25, 0.3) is 10.9 Å². The van der Waals surface area contributed by atoms with Crippen molar-refractivity contribution in [1.29, 1.82) is 0 Å². The molecule has 51 heavy (non-hydrogen) atoms. The van der Waals surface area contributed by atoms with E-state index in [4.69, 9.17) is 10.5 Å². The van der Waals surface area contributed by atoms with Gasteiger partial charge in [-0.25, -0.2) is 13.4 Å². The van der Waals surface area contributed by atoms with Crippen molar-refractivity contribution in [3.8, 4) is 11.5 Å². The highest BCUT2D eigenvalue weighted by Gasteiger charge is 2.64. The summed E-state index contributed by atoms with van der Waals surface area (Å²) in [5.41, 5.74) is 5.42. The van der Waals surface area contributed by atoms with Gasteiger partial charge in [0.2, 0.25) is 21.8 Å². The number of aromatic nitrogens is 1. The van der Waals surface area contributed by atoms with E-state index in [2.05, 4.69) is 19.8 Å². The molecule has 0 radical (unpaired) electrons. The molecule has 1 spiro atoms. The van der Waals surface area contributed by atoms with Crippen molar-refractivity contribution in [2.24, 2.45) is 11.7 Å². The molecule has 5 aliphatic rings. The van der Waals surface area contributed by atoms with Gasteiger partial charge in [0.05, 0.1) is 28.5 Å². The van der Waals surface area contributed by atoms with Crippen LogP contribution < -0.4 is 25.2 Å². The van der Waals surface area contributed by atoms with Gasteiger partial charge < -0.3 is 25.4 Å². The number of rotatable bonds is 4. The number of nitrogens with zero attached hydrogens (tertiary/aromatic N) is 2. The molecule has 7 rings (SSSR count). The monoisotopic (exact) mass is 733 g/mol. The van der Waals surface area contributed by atoms with Crippen molar-refractivity contribution >= 4 is 38.6 Å². The summed E-state index contributed by atoms with van der Waals surface area (Å²) >= 11 is 0. The molecular formula is C35H42F3N5O7S. The highest BCUT2D eigenvalue weighted by Crippen LogP contribution is 2.49. The number of hydrogen-bond acceptors (Lipinski definition) is 9. The molecular weight excluding hydrogens is 691 g/mol. The number of ether oxygens (including phenoxy) is 2. The minimum Gasteiger partial charge on any atom is -0.483 e. The number of sulfonamides is 1. The number of carbonyl (C=O) groups excluding carboxylic acids is 3. The summed E-state index contributed by atoms with van der Waals surface area (Å²) in [5, 5.41) is 3.30. The molecule has 2 aliphatic carbocycles. The molecule has 1 aromatic carbocycles. The van der Waals surface area contributed by atoms with Gasteiger partial charge in [-0.15, -0.1) is 13.2 Å². The molecule has 3 amide bonds. The van der Waals surface area contributed by atoms with Crippen LogP contribution in [0.15, 0.2) is 30.4 Å². The molecule has 1 saturated heterocycles. The lowest BCUT2D eigenvalue weighted by Crippen LogP contribution is -2.58. The molecule has 5 atom stereocenters. The number of halogens is 3. The predicted molar refractivity (Wildman–Crippen MR) is 179 cm³/mol. The van der Waals surface area contributed by atoms with Crippen LogP contribution in [-0.2, 0) is 30.8 Å². The smallest absolute Gasteiger partial charge is 0.483 e. The normalized spacial score (nSPS) is 30.6. The largest absolute Gasteiger partial charge is 0.573 e. The van der Waals surface area contributed by atoms with Crippen molar-refractivity contribution in [3.63, 3.8) is 0 Å². The first kappa shape index (κ1) is 35.5. The zero-order chi connectivity index (χ0) is 36.6. The summed E-state index contributed by atoms with van der Waals surface area (Å²) in [5.74, 6) is -2.35. The van der Waals surface area contributed by atoms with Gasteiger partial charge in [-0.05, 0) is 83.4 Å². The third-order valence-electron chi connectivity index (χ3n) is 11.2. The first-order valence-corrected chi connectivity index (χ1v) is 18.9. The highest BCUT2D eigenvalue weighted by atomic mass is 32.2. The molecule has 276 valence electrons. The Morgan fingerprint density at radius 3 is 2.65 bits per heavy atom. The van der Waals surface area contributed by atoms with Crippen LogP contribution in [0.5, 0.6) is 11.5 Å². The average molecular weight is 734 g/mol. The minimum atomic E-state index is -4.88. The summed E-state index contributed by atoms with van der Waals surface area (Å²) in [7, 11) is -3.99. The summed E-state index contributed by atoms with van der Waals surface area (Å²) in [6.45, 7) is 3.29. The summed E-state index contributed by atoms with van der Waals surface area (Å²) in [6.07, 6.45) is 4.15. The maximum atomic E-state index is 14.3. The number of hydrogen-bond donors (Lipinski definition) is 3. The van der Waals surface area contributed by atoms with Gasteiger partial charge in [0, 0.05) is 23.3 Å². The lowest BCUT2D eigenvalue weighted by atomic mass is 9.87. The van der Waals surface area contributed by atoms with E-state index in [1.807, 2.05) is 12.2 Å². The van der Waals surface area contributed by atoms with Crippen molar-refractivity contribution in [2.45, 2.75) is 119 Å². The summed E-state index contributed by atoms with van der Waals surface area (Å²) in [4.78, 5) is 48.0. The van der Waals surface area contributed by atoms with Crippen LogP contribution in [-0.4, -0.2) is 76.9 Å². The number of amides is 3. The average Bonchev–Trinajstić information content (AvgIpc) is 3.95. The van der Waals surface area contributed by atoms with Gasteiger partial charge in [-0.1, -0.05) is 25.0 Å². The second-order valence-electron chi connectivity index (χ2n) is 15.0. The quantitative estimate of drug-likeness (QED) is 0.396. The number of allylic oxidation sites excluding steroid dienone is 1. The van der Waals surface area contributed by atoms with Crippen molar-refractivity contribution in [2.75, 3.05) is 6.54 Å². The molecule has 16 heteroatoms. The molecule has 1 aromatic heterocycles. The van der Waals surface area contributed by atoms with Crippen LogP contribution in [0, 0.1) is 12.8 Å².